The van der Waals surface area contributed by atoms with Crippen molar-refractivity contribution in [3.63, 3.8) is 0 Å². The van der Waals surface area contributed by atoms with E-state index in [1.165, 1.54) is 31.0 Å². The SMILES string of the molecule is N#Cc1ccc(OCC2(N)CCCCCC2)c([N+](=O)[O-])c1. The molecule has 21 heavy (non-hydrogen) atoms. The second kappa shape index (κ2) is 6.55. The van der Waals surface area contributed by atoms with E-state index < -0.39 is 10.5 Å². The second-order valence-corrected chi connectivity index (χ2v) is 5.62. The number of hydrogen-bond donors (Lipinski definition) is 1. The first-order valence-corrected chi connectivity index (χ1v) is 7.14. The fourth-order valence-electron chi connectivity index (χ4n) is 2.65. The fraction of sp³-hybridized carbons (Fsp3) is 0.533. The predicted molar refractivity (Wildman–Crippen MR) is 77.9 cm³/mol. The summed E-state index contributed by atoms with van der Waals surface area (Å²) >= 11 is 0. The maximum atomic E-state index is 11.1. The topological polar surface area (TPSA) is 102 Å². The molecule has 1 saturated carbocycles. The zero-order valence-electron chi connectivity index (χ0n) is 11.9. The number of ether oxygens (including phenoxy) is 1. The van der Waals surface area contributed by atoms with E-state index in [9.17, 15) is 10.1 Å². The van der Waals surface area contributed by atoms with Gasteiger partial charge in [0, 0.05) is 6.07 Å². The molecular weight excluding hydrogens is 270 g/mol. The van der Waals surface area contributed by atoms with Gasteiger partial charge < -0.3 is 10.5 Å². The van der Waals surface area contributed by atoms with Crippen LogP contribution in [0, 0.1) is 21.4 Å². The molecule has 0 unspecified atom stereocenters. The van der Waals surface area contributed by atoms with Gasteiger partial charge in [0.1, 0.15) is 6.61 Å². The van der Waals surface area contributed by atoms with Gasteiger partial charge in [0.25, 0.3) is 0 Å². The lowest BCUT2D eigenvalue weighted by molar-refractivity contribution is -0.385. The van der Waals surface area contributed by atoms with Crippen LogP contribution in [0.3, 0.4) is 0 Å². The summed E-state index contributed by atoms with van der Waals surface area (Å²) < 4.78 is 5.62. The summed E-state index contributed by atoms with van der Waals surface area (Å²) in [6, 6.07) is 6.10. The smallest absolute Gasteiger partial charge is 0.312 e. The Balaban J connectivity index is 2.12. The van der Waals surface area contributed by atoms with Crippen LogP contribution in [0.1, 0.15) is 44.1 Å². The van der Waals surface area contributed by atoms with Crippen molar-refractivity contribution in [2.45, 2.75) is 44.1 Å². The largest absolute Gasteiger partial charge is 0.485 e. The molecule has 1 aromatic carbocycles. The van der Waals surface area contributed by atoms with Crippen molar-refractivity contribution in [3.05, 3.63) is 33.9 Å². The maximum absolute atomic E-state index is 11.1. The molecule has 1 fully saturated rings. The molecule has 112 valence electrons. The molecule has 0 spiro atoms. The van der Waals surface area contributed by atoms with Gasteiger partial charge in [0.2, 0.25) is 0 Å². The normalized spacial score (nSPS) is 17.5. The molecule has 0 radical (unpaired) electrons. The van der Waals surface area contributed by atoms with E-state index in [-0.39, 0.29) is 23.6 Å². The summed E-state index contributed by atoms with van der Waals surface area (Å²) in [5.74, 6) is 0.174. The standard InChI is InChI=1S/C15H19N3O3/c16-10-12-5-6-14(13(9-12)18(19)20)21-11-15(17)7-3-1-2-4-8-15/h5-6,9H,1-4,7-8,11,17H2. The first kappa shape index (κ1) is 15.3. The van der Waals surface area contributed by atoms with Crippen LogP contribution >= 0.6 is 0 Å². The number of nitrogens with two attached hydrogens (primary N) is 1. The highest BCUT2D eigenvalue weighted by Gasteiger charge is 2.28. The number of rotatable bonds is 4. The average Bonchev–Trinajstić information content (AvgIpc) is 2.70. The lowest BCUT2D eigenvalue weighted by Crippen LogP contribution is -2.45. The molecule has 0 aliphatic heterocycles. The number of hydrogen-bond acceptors (Lipinski definition) is 5. The molecular formula is C15H19N3O3. The maximum Gasteiger partial charge on any atom is 0.312 e. The van der Waals surface area contributed by atoms with Gasteiger partial charge in [0.05, 0.1) is 22.1 Å². The first-order chi connectivity index (χ1) is 10.0. The van der Waals surface area contributed by atoms with Gasteiger partial charge in [-0.3, -0.25) is 10.1 Å². The van der Waals surface area contributed by atoms with Crippen molar-refractivity contribution in [1.29, 1.82) is 5.26 Å². The van der Waals surface area contributed by atoms with Gasteiger partial charge in [0.15, 0.2) is 5.75 Å². The summed E-state index contributed by atoms with van der Waals surface area (Å²) in [6.07, 6.45) is 6.23. The number of nitrogens with zero attached hydrogens (tertiary/aromatic N) is 2. The molecule has 1 aliphatic carbocycles. The Morgan fingerprint density at radius 3 is 2.57 bits per heavy atom. The molecule has 6 heteroatoms. The number of nitriles is 1. The molecule has 0 saturated heterocycles. The zero-order chi connectivity index (χ0) is 15.3. The molecule has 2 N–H and O–H groups in total. The Morgan fingerprint density at radius 2 is 2.00 bits per heavy atom. The van der Waals surface area contributed by atoms with Crippen molar-refractivity contribution in [2.75, 3.05) is 6.61 Å². The van der Waals surface area contributed by atoms with Crippen LogP contribution < -0.4 is 10.5 Å². The highest BCUT2D eigenvalue weighted by molar-refractivity contribution is 5.51. The Hall–Kier alpha value is -2.13. The lowest BCUT2D eigenvalue weighted by atomic mass is 9.92. The Kier molecular flexibility index (Phi) is 4.76. The number of nitro benzene ring substituents is 1. The average molecular weight is 289 g/mol. The van der Waals surface area contributed by atoms with E-state index in [0.717, 1.165) is 25.7 Å². The molecule has 1 aliphatic rings. The van der Waals surface area contributed by atoms with E-state index in [2.05, 4.69) is 0 Å². The van der Waals surface area contributed by atoms with Gasteiger partial charge in [-0.25, -0.2) is 0 Å². The summed E-state index contributed by atoms with van der Waals surface area (Å²) in [4.78, 5) is 10.5. The third kappa shape index (κ3) is 3.92. The third-order valence-corrected chi connectivity index (χ3v) is 3.90. The van der Waals surface area contributed by atoms with Crippen LogP contribution in [0.2, 0.25) is 0 Å². The van der Waals surface area contributed by atoms with Gasteiger partial charge in [-0.2, -0.15) is 5.26 Å². The van der Waals surface area contributed by atoms with E-state index in [0.29, 0.717) is 0 Å². The van der Waals surface area contributed by atoms with Crippen LogP contribution in [0.15, 0.2) is 18.2 Å². The molecule has 0 atom stereocenters. The molecule has 1 aromatic rings. The Morgan fingerprint density at radius 1 is 1.33 bits per heavy atom. The summed E-state index contributed by atoms with van der Waals surface area (Å²) in [5, 5.41) is 19.9. The van der Waals surface area contributed by atoms with E-state index in [1.54, 1.807) is 0 Å². The zero-order valence-corrected chi connectivity index (χ0v) is 11.9. The Labute approximate surface area is 123 Å². The third-order valence-electron chi connectivity index (χ3n) is 3.90. The van der Waals surface area contributed by atoms with Gasteiger partial charge >= 0.3 is 5.69 Å². The van der Waals surface area contributed by atoms with Crippen LogP contribution in [0.5, 0.6) is 5.75 Å². The van der Waals surface area contributed by atoms with E-state index >= 15 is 0 Å². The van der Waals surface area contributed by atoms with Crippen molar-refractivity contribution in [3.8, 4) is 11.8 Å². The molecule has 0 amide bonds. The minimum Gasteiger partial charge on any atom is -0.485 e. The minimum atomic E-state index is -0.535. The van der Waals surface area contributed by atoms with Crippen LogP contribution in [0.4, 0.5) is 5.69 Å². The van der Waals surface area contributed by atoms with Gasteiger partial charge in [-0.15, -0.1) is 0 Å². The summed E-state index contributed by atoms with van der Waals surface area (Å²) in [7, 11) is 0. The second-order valence-electron chi connectivity index (χ2n) is 5.62. The predicted octanol–water partition coefficient (Wildman–Crippen LogP) is 2.90. The Bertz CT molecular complexity index is 558. The molecule has 0 aromatic heterocycles. The molecule has 2 rings (SSSR count). The summed E-state index contributed by atoms with van der Waals surface area (Å²) in [6.45, 7) is 0.264. The highest BCUT2D eigenvalue weighted by atomic mass is 16.6. The van der Waals surface area contributed by atoms with Crippen LogP contribution in [-0.2, 0) is 0 Å². The molecule has 0 heterocycles. The summed E-state index contributed by atoms with van der Waals surface area (Å²) in [5.41, 5.74) is 5.98. The lowest BCUT2D eigenvalue weighted by Gasteiger charge is -2.27. The molecule has 0 bridgehead atoms. The number of nitro groups is 1. The number of benzene rings is 1. The van der Waals surface area contributed by atoms with Crippen LogP contribution in [0.25, 0.3) is 0 Å². The van der Waals surface area contributed by atoms with E-state index in [4.69, 9.17) is 15.7 Å². The van der Waals surface area contributed by atoms with Crippen molar-refractivity contribution >= 4 is 5.69 Å². The minimum absolute atomic E-state index is 0.174. The van der Waals surface area contributed by atoms with Gasteiger partial charge in [-0.1, -0.05) is 25.7 Å². The van der Waals surface area contributed by atoms with Crippen molar-refractivity contribution in [2.24, 2.45) is 5.73 Å². The van der Waals surface area contributed by atoms with Gasteiger partial charge in [-0.05, 0) is 25.0 Å². The van der Waals surface area contributed by atoms with Crippen molar-refractivity contribution in [1.82, 2.24) is 0 Å². The first-order valence-electron chi connectivity index (χ1n) is 7.14. The fourth-order valence-corrected chi connectivity index (χ4v) is 2.65. The highest BCUT2D eigenvalue weighted by Crippen LogP contribution is 2.30. The van der Waals surface area contributed by atoms with Crippen LogP contribution in [-0.4, -0.2) is 17.1 Å². The monoisotopic (exact) mass is 289 g/mol. The quantitative estimate of drug-likeness (QED) is 0.521. The van der Waals surface area contributed by atoms with Crippen molar-refractivity contribution < 1.29 is 9.66 Å². The van der Waals surface area contributed by atoms with E-state index in [1.807, 2.05) is 6.07 Å². The molecule has 6 nitrogen and oxygen atoms in total.